The van der Waals surface area contributed by atoms with Crippen molar-refractivity contribution in [1.29, 1.82) is 5.26 Å². The smallest absolute Gasteiger partial charge is 0.142 e. The number of aromatic nitrogens is 1. The Bertz CT molecular complexity index is 1010. The van der Waals surface area contributed by atoms with Gasteiger partial charge in [0.15, 0.2) is 0 Å². The molecule has 1 aromatic heterocycles. The topological polar surface area (TPSA) is 62.7 Å². The van der Waals surface area contributed by atoms with Crippen LogP contribution in [0.3, 0.4) is 0 Å². The molecule has 0 aliphatic carbocycles. The van der Waals surface area contributed by atoms with Gasteiger partial charge in [0.05, 0.1) is 5.69 Å². The van der Waals surface area contributed by atoms with Gasteiger partial charge in [0.25, 0.3) is 0 Å². The van der Waals surface area contributed by atoms with Crippen LogP contribution in [0.15, 0.2) is 42.5 Å². The van der Waals surface area contributed by atoms with E-state index in [1.54, 1.807) is 0 Å². The van der Waals surface area contributed by atoms with Crippen molar-refractivity contribution in [2.75, 3.05) is 5.73 Å². The standard InChI is InChI=1S/C22H21N3/c1-13-5-8-18(16(4)9-13)19-11-21(25-22(24)20(19)12-23)17-7-6-14(2)15(3)10-17/h5-11H,1-4H3,(H2,24,25). The summed E-state index contributed by atoms with van der Waals surface area (Å²) >= 11 is 0. The zero-order valence-electron chi connectivity index (χ0n) is 15.0. The van der Waals surface area contributed by atoms with E-state index >= 15 is 0 Å². The molecule has 0 aliphatic heterocycles. The first kappa shape index (κ1) is 16.7. The number of anilines is 1. The van der Waals surface area contributed by atoms with Crippen LogP contribution in [0, 0.1) is 39.0 Å². The molecule has 0 atom stereocenters. The lowest BCUT2D eigenvalue weighted by Crippen LogP contribution is -2.01. The summed E-state index contributed by atoms with van der Waals surface area (Å²) in [6.07, 6.45) is 0. The number of nitrogens with zero attached hydrogens (tertiary/aromatic N) is 2. The Morgan fingerprint density at radius 3 is 2.24 bits per heavy atom. The highest BCUT2D eigenvalue weighted by molar-refractivity contribution is 5.81. The molecule has 3 nitrogen and oxygen atoms in total. The predicted molar refractivity (Wildman–Crippen MR) is 103 cm³/mol. The molecule has 0 spiro atoms. The van der Waals surface area contributed by atoms with Crippen LogP contribution in [-0.4, -0.2) is 4.98 Å². The highest BCUT2D eigenvalue weighted by atomic mass is 14.8. The molecule has 2 aromatic carbocycles. The Labute approximate surface area is 148 Å². The van der Waals surface area contributed by atoms with Gasteiger partial charge in [0.2, 0.25) is 0 Å². The lowest BCUT2D eigenvalue weighted by Gasteiger charge is -2.13. The lowest BCUT2D eigenvalue weighted by atomic mass is 9.94. The number of hydrogen-bond donors (Lipinski definition) is 1. The van der Waals surface area contributed by atoms with Gasteiger partial charge in [-0.2, -0.15) is 5.26 Å². The fourth-order valence-corrected chi connectivity index (χ4v) is 3.06. The van der Waals surface area contributed by atoms with E-state index in [0.717, 1.165) is 27.9 Å². The Hall–Kier alpha value is -3.12. The lowest BCUT2D eigenvalue weighted by molar-refractivity contribution is 1.28. The highest BCUT2D eigenvalue weighted by Gasteiger charge is 2.15. The molecule has 0 amide bonds. The first-order valence-corrected chi connectivity index (χ1v) is 8.26. The van der Waals surface area contributed by atoms with Crippen LogP contribution >= 0.6 is 0 Å². The normalized spacial score (nSPS) is 10.5. The summed E-state index contributed by atoms with van der Waals surface area (Å²) in [5.74, 6) is 0.271. The van der Waals surface area contributed by atoms with Gasteiger partial charge in [-0.1, -0.05) is 35.9 Å². The van der Waals surface area contributed by atoms with Crippen LogP contribution in [0.5, 0.6) is 0 Å². The monoisotopic (exact) mass is 327 g/mol. The summed E-state index contributed by atoms with van der Waals surface area (Å²) in [4.78, 5) is 4.47. The zero-order chi connectivity index (χ0) is 18.1. The summed E-state index contributed by atoms with van der Waals surface area (Å²) < 4.78 is 0. The van der Waals surface area contributed by atoms with Crippen LogP contribution < -0.4 is 5.73 Å². The van der Waals surface area contributed by atoms with Gasteiger partial charge >= 0.3 is 0 Å². The Morgan fingerprint density at radius 1 is 0.840 bits per heavy atom. The second-order valence-corrected chi connectivity index (χ2v) is 6.54. The molecule has 124 valence electrons. The number of nitrogen functional groups attached to an aromatic ring is 1. The van der Waals surface area contributed by atoms with Crippen LogP contribution in [0.4, 0.5) is 5.82 Å². The van der Waals surface area contributed by atoms with Crippen molar-refractivity contribution < 1.29 is 0 Å². The fraction of sp³-hybridized carbons (Fsp3) is 0.182. The first-order valence-electron chi connectivity index (χ1n) is 8.26. The average molecular weight is 327 g/mol. The van der Waals surface area contributed by atoms with E-state index in [1.165, 1.54) is 16.7 Å². The summed E-state index contributed by atoms with van der Waals surface area (Å²) in [6.45, 7) is 8.27. The molecule has 25 heavy (non-hydrogen) atoms. The second kappa shape index (κ2) is 6.41. The quantitative estimate of drug-likeness (QED) is 0.712. The van der Waals surface area contributed by atoms with E-state index in [0.29, 0.717) is 5.56 Å². The van der Waals surface area contributed by atoms with Crippen molar-refractivity contribution in [2.45, 2.75) is 27.7 Å². The van der Waals surface area contributed by atoms with Crippen LogP contribution in [0.2, 0.25) is 0 Å². The molecule has 2 N–H and O–H groups in total. The van der Waals surface area contributed by atoms with Crippen molar-refractivity contribution in [3.05, 3.63) is 70.3 Å². The number of aryl methyl sites for hydroxylation is 4. The molecule has 0 radical (unpaired) electrons. The molecular weight excluding hydrogens is 306 g/mol. The maximum Gasteiger partial charge on any atom is 0.142 e. The maximum absolute atomic E-state index is 9.58. The molecule has 3 rings (SSSR count). The van der Waals surface area contributed by atoms with E-state index < -0.39 is 0 Å². The zero-order valence-corrected chi connectivity index (χ0v) is 15.0. The molecule has 0 unspecified atom stereocenters. The molecule has 1 heterocycles. The Kier molecular flexibility index (Phi) is 4.29. The van der Waals surface area contributed by atoms with Crippen molar-refractivity contribution >= 4 is 5.82 Å². The molecular formula is C22H21N3. The van der Waals surface area contributed by atoms with Gasteiger partial charge in [0.1, 0.15) is 17.5 Å². The number of pyridine rings is 1. The van der Waals surface area contributed by atoms with Crippen molar-refractivity contribution in [2.24, 2.45) is 0 Å². The largest absolute Gasteiger partial charge is 0.383 e. The van der Waals surface area contributed by atoms with Crippen molar-refractivity contribution in [3.8, 4) is 28.5 Å². The number of nitriles is 1. The van der Waals surface area contributed by atoms with Crippen molar-refractivity contribution in [3.63, 3.8) is 0 Å². The second-order valence-electron chi connectivity index (χ2n) is 6.54. The van der Waals surface area contributed by atoms with Crippen LogP contribution in [-0.2, 0) is 0 Å². The fourth-order valence-electron chi connectivity index (χ4n) is 3.06. The van der Waals surface area contributed by atoms with Gasteiger partial charge in [-0.25, -0.2) is 4.98 Å². The minimum Gasteiger partial charge on any atom is -0.383 e. The van der Waals surface area contributed by atoms with Gasteiger partial charge in [-0.3, -0.25) is 0 Å². The third-order valence-corrected chi connectivity index (χ3v) is 4.63. The number of benzene rings is 2. The van der Waals surface area contributed by atoms with E-state index in [9.17, 15) is 5.26 Å². The van der Waals surface area contributed by atoms with E-state index in [4.69, 9.17) is 5.73 Å². The molecule has 0 aliphatic rings. The molecule has 0 bridgehead atoms. The number of hydrogen-bond acceptors (Lipinski definition) is 3. The van der Waals surface area contributed by atoms with Crippen molar-refractivity contribution in [1.82, 2.24) is 4.98 Å². The Balaban J connectivity index is 2.26. The molecule has 0 fully saturated rings. The third kappa shape index (κ3) is 3.12. The van der Waals surface area contributed by atoms with Gasteiger partial charge in [0, 0.05) is 11.1 Å². The summed E-state index contributed by atoms with van der Waals surface area (Å²) in [5, 5.41) is 9.58. The third-order valence-electron chi connectivity index (χ3n) is 4.63. The van der Waals surface area contributed by atoms with Gasteiger partial charge in [-0.15, -0.1) is 0 Å². The number of nitrogens with two attached hydrogens (primary N) is 1. The van der Waals surface area contributed by atoms with Gasteiger partial charge < -0.3 is 5.73 Å². The average Bonchev–Trinajstić information content (AvgIpc) is 2.56. The van der Waals surface area contributed by atoms with E-state index in [1.807, 2.05) is 18.2 Å². The predicted octanol–water partition coefficient (Wildman–Crippen LogP) is 5.10. The van der Waals surface area contributed by atoms with Crippen LogP contribution in [0.1, 0.15) is 27.8 Å². The minimum absolute atomic E-state index is 0.271. The summed E-state index contributed by atoms with van der Waals surface area (Å²) in [5.41, 5.74) is 14.9. The van der Waals surface area contributed by atoms with Gasteiger partial charge in [-0.05, 0) is 62.1 Å². The number of rotatable bonds is 2. The molecule has 3 aromatic rings. The molecule has 3 heteroatoms. The summed E-state index contributed by atoms with van der Waals surface area (Å²) in [6, 6.07) is 16.6. The Morgan fingerprint density at radius 2 is 1.60 bits per heavy atom. The highest BCUT2D eigenvalue weighted by Crippen LogP contribution is 2.33. The maximum atomic E-state index is 9.58. The van der Waals surface area contributed by atoms with Crippen LogP contribution in [0.25, 0.3) is 22.4 Å². The SMILES string of the molecule is Cc1ccc(-c2cc(-c3ccc(C)c(C)c3)nc(N)c2C#N)c(C)c1. The summed E-state index contributed by atoms with van der Waals surface area (Å²) in [7, 11) is 0. The molecule has 0 saturated carbocycles. The first-order chi connectivity index (χ1) is 11.9. The minimum atomic E-state index is 0.271. The molecule has 0 saturated heterocycles. The van der Waals surface area contributed by atoms with E-state index in [2.05, 4.69) is 63.0 Å². The van der Waals surface area contributed by atoms with E-state index in [-0.39, 0.29) is 5.82 Å².